The number of halogens is 4. The Hall–Kier alpha value is -0.880. The number of hydrogen-bond acceptors (Lipinski definition) is 3. The predicted molar refractivity (Wildman–Crippen MR) is 64.3 cm³/mol. The molecule has 0 saturated carbocycles. The highest BCUT2D eigenvalue weighted by Crippen LogP contribution is 2.33. The Morgan fingerprint density at radius 3 is 2.61 bits per heavy atom. The number of carbonyl (C=O) groups excluding carboxylic acids is 1. The molecule has 0 saturated heterocycles. The van der Waals surface area contributed by atoms with Crippen molar-refractivity contribution in [1.82, 2.24) is 0 Å². The number of carbonyl (C=O) groups is 1. The predicted octanol–water partition coefficient (Wildman–Crippen LogP) is 3.66. The van der Waals surface area contributed by atoms with Crippen LogP contribution in [0.1, 0.15) is 5.56 Å². The van der Waals surface area contributed by atoms with Gasteiger partial charge in [-0.25, -0.2) is 0 Å². The molecule has 1 aromatic carbocycles. The average molecular weight is 299 g/mol. The number of benzene rings is 1. The molecule has 0 radical (unpaired) electrons. The van der Waals surface area contributed by atoms with Gasteiger partial charge < -0.3 is 4.74 Å². The number of Topliss-reactive ketones (excluding diaryl/α,β-unsaturated/α-hetero) is 1. The second kappa shape index (κ2) is 6.33. The molecule has 0 aromatic heterocycles. The monoisotopic (exact) mass is 298 g/mol. The zero-order valence-corrected chi connectivity index (χ0v) is 11.0. The first-order valence-corrected chi connectivity index (χ1v) is 6.62. The molecule has 0 aliphatic heterocycles. The molecule has 0 N–H and O–H groups in total. The number of hydrogen-bond donors (Lipinski definition) is 0. The Morgan fingerprint density at radius 1 is 1.44 bits per heavy atom. The Labute approximate surface area is 111 Å². The molecule has 0 unspecified atom stereocenters. The van der Waals surface area contributed by atoms with E-state index in [9.17, 15) is 18.0 Å². The van der Waals surface area contributed by atoms with Crippen molar-refractivity contribution >= 4 is 29.1 Å². The molecule has 0 aliphatic rings. The van der Waals surface area contributed by atoms with E-state index in [-0.39, 0.29) is 23.8 Å². The molecule has 0 atom stereocenters. The SMILES string of the molecule is CSc1ccc(CC(=O)CCl)cc1OC(F)(F)F. The van der Waals surface area contributed by atoms with Crippen LogP contribution < -0.4 is 4.74 Å². The first-order valence-electron chi connectivity index (χ1n) is 4.86. The van der Waals surface area contributed by atoms with Gasteiger partial charge in [-0.15, -0.1) is 36.5 Å². The van der Waals surface area contributed by atoms with Gasteiger partial charge in [-0.05, 0) is 24.0 Å². The van der Waals surface area contributed by atoms with E-state index in [1.807, 2.05) is 0 Å². The van der Waals surface area contributed by atoms with Crippen LogP contribution in [-0.2, 0) is 11.2 Å². The van der Waals surface area contributed by atoms with Crippen LogP contribution in [0.5, 0.6) is 5.75 Å². The molecule has 1 aromatic rings. The first kappa shape index (κ1) is 15.2. The second-order valence-corrected chi connectivity index (χ2v) is 4.50. The van der Waals surface area contributed by atoms with Crippen molar-refractivity contribution in [3.63, 3.8) is 0 Å². The highest BCUT2D eigenvalue weighted by molar-refractivity contribution is 7.98. The van der Waals surface area contributed by atoms with Gasteiger partial charge in [-0.1, -0.05) is 6.07 Å². The fourth-order valence-corrected chi connectivity index (χ4v) is 1.91. The van der Waals surface area contributed by atoms with Gasteiger partial charge in [0.2, 0.25) is 0 Å². The van der Waals surface area contributed by atoms with Crippen molar-refractivity contribution in [2.24, 2.45) is 0 Å². The normalized spacial score (nSPS) is 11.4. The van der Waals surface area contributed by atoms with Gasteiger partial charge in [0.05, 0.1) is 5.88 Å². The zero-order valence-electron chi connectivity index (χ0n) is 9.38. The van der Waals surface area contributed by atoms with Gasteiger partial charge in [-0.3, -0.25) is 4.79 Å². The van der Waals surface area contributed by atoms with Gasteiger partial charge in [0.25, 0.3) is 0 Å². The van der Waals surface area contributed by atoms with Crippen LogP contribution in [-0.4, -0.2) is 24.3 Å². The topological polar surface area (TPSA) is 26.3 Å². The summed E-state index contributed by atoms with van der Waals surface area (Å²) >= 11 is 6.48. The maximum Gasteiger partial charge on any atom is 0.573 e. The Bertz CT molecular complexity index is 435. The summed E-state index contributed by atoms with van der Waals surface area (Å²) < 4.78 is 40.5. The van der Waals surface area contributed by atoms with Crippen LogP contribution in [0.2, 0.25) is 0 Å². The zero-order chi connectivity index (χ0) is 13.8. The van der Waals surface area contributed by atoms with Crippen molar-refractivity contribution in [3.05, 3.63) is 23.8 Å². The molecule has 0 bridgehead atoms. The van der Waals surface area contributed by atoms with Crippen molar-refractivity contribution < 1.29 is 22.7 Å². The lowest BCUT2D eigenvalue weighted by Crippen LogP contribution is -2.18. The smallest absolute Gasteiger partial charge is 0.405 e. The van der Waals surface area contributed by atoms with Gasteiger partial charge in [0.1, 0.15) is 5.75 Å². The lowest BCUT2D eigenvalue weighted by molar-refractivity contribution is -0.275. The minimum Gasteiger partial charge on any atom is -0.405 e. The van der Waals surface area contributed by atoms with Crippen LogP contribution in [0.3, 0.4) is 0 Å². The van der Waals surface area contributed by atoms with Crippen molar-refractivity contribution in [1.29, 1.82) is 0 Å². The van der Waals surface area contributed by atoms with E-state index in [0.717, 1.165) is 11.8 Å². The Kier molecular flexibility index (Phi) is 5.34. The van der Waals surface area contributed by atoms with E-state index in [2.05, 4.69) is 4.74 Å². The van der Waals surface area contributed by atoms with Gasteiger partial charge >= 0.3 is 6.36 Å². The minimum absolute atomic E-state index is 0.00756. The number of alkyl halides is 4. The van der Waals surface area contributed by atoms with Gasteiger partial charge in [0, 0.05) is 11.3 Å². The molecule has 100 valence electrons. The maximum atomic E-state index is 12.2. The number of rotatable bonds is 5. The van der Waals surface area contributed by atoms with Crippen LogP contribution in [0, 0.1) is 0 Å². The largest absolute Gasteiger partial charge is 0.573 e. The molecule has 0 amide bonds. The highest BCUT2D eigenvalue weighted by atomic mass is 35.5. The molecule has 1 rings (SSSR count). The summed E-state index contributed by atoms with van der Waals surface area (Å²) in [5.74, 6) is -0.721. The van der Waals surface area contributed by atoms with Crippen molar-refractivity contribution in [2.45, 2.75) is 17.7 Å². The minimum atomic E-state index is -4.75. The third-order valence-electron chi connectivity index (χ3n) is 2.00. The molecule has 2 nitrogen and oxygen atoms in total. The van der Waals surface area contributed by atoms with Gasteiger partial charge in [0.15, 0.2) is 5.78 Å². The van der Waals surface area contributed by atoms with Crippen LogP contribution >= 0.6 is 23.4 Å². The molecule has 0 spiro atoms. The fraction of sp³-hybridized carbons (Fsp3) is 0.364. The quantitative estimate of drug-likeness (QED) is 0.613. The summed E-state index contributed by atoms with van der Waals surface area (Å²) in [6.07, 6.45) is -3.12. The number of thioether (sulfide) groups is 1. The number of ketones is 1. The lowest BCUT2D eigenvalue weighted by Gasteiger charge is -2.13. The summed E-state index contributed by atoms with van der Waals surface area (Å²) in [6.45, 7) is 0. The Balaban J connectivity index is 2.98. The molecule has 0 fully saturated rings. The third-order valence-corrected chi connectivity index (χ3v) is 3.08. The van der Waals surface area contributed by atoms with Crippen LogP contribution in [0.4, 0.5) is 13.2 Å². The summed E-state index contributed by atoms with van der Waals surface area (Å²) in [7, 11) is 0. The second-order valence-electron chi connectivity index (χ2n) is 3.38. The summed E-state index contributed by atoms with van der Waals surface area (Å²) in [6, 6.07) is 4.28. The average Bonchev–Trinajstić information content (AvgIpc) is 2.27. The van der Waals surface area contributed by atoms with E-state index < -0.39 is 6.36 Å². The van der Waals surface area contributed by atoms with Crippen LogP contribution in [0.15, 0.2) is 23.1 Å². The standard InChI is InChI=1S/C11H10ClF3O2S/c1-18-10-3-2-7(4-8(16)6-12)5-9(10)17-11(13,14)15/h2-3,5H,4,6H2,1H3. The fourth-order valence-electron chi connectivity index (χ4n) is 1.31. The summed E-state index contributed by atoms with van der Waals surface area (Å²) in [5, 5.41) is 0. The molecule has 0 heterocycles. The lowest BCUT2D eigenvalue weighted by atomic mass is 10.1. The molecular formula is C11H10ClF3O2S. The van der Waals surface area contributed by atoms with Gasteiger partial charge in [-0.2, -0.15) is 0 Å². The molecule has 7 heteroatoms. The molecule has 0 aliphatic carbocycles. The van der Waals surface area contributed by atoms with Crippen molar-refractivity contribution in [2.75, 3.05) is 12.1 Å². The third kappa shape index (κ3) is 4.78. The number of ether oxygens (including phenoxy) is 1. The van der Waals surface area contributed by atoms with E-state index >= 15 is 0 Å². The van der Waals surface area contributed by atoms with E-state index in [4.69, 9.17) is 11.6 Å². The summed E-state index contributed by atoms with van der Waals surface area (Å²) in [4.78, 5) is 11.5. The molecule has 18 heavy (non-hydrogen) atoms. The maximum absolute atomic E-state index is 12.2. The summed E-state index contributed by atoms with van der Waals surface area (Å²) in [5.41, 5.74) is 0.442. The van der Waals surface area contributed by atoms with E-state index in [0.29, 0.717) is 10.5 Å². The molecular weight excluding hydrogens is 289 g/mol. The van der Waals surface area contributed by atoms with E-state index in [1.54, 1.807) is 12.3 Å². The van der Waals surface area contributed by atoms with Crippen molar-refractivity contribution in [3.8, 4) is 5.75 Å². The van der Waals surface area contributed by atoms with E-state index in [1.165, 1.54) is 12.1 Å². The van der Waals surface area contributed by atoms with Crippen LogP contribution in [0.25, 0.3) is 0 Å². The highest BCUT2D eigenvalue weighted by Gasteiger charge is 2.32. The Morgan fingerprint density at radius 2 is 2.11 bits per heavy atom. The first-order chi connectivity index (χ1) is 8.35.